The zero-order chi connectivity index (χ0) is 13.5. The van der Waals surface area contributed by atoms with Crippen molar-refractivity contribution in [3.63, 3.8) is 0 Å². The van der Waals surface area contributed by atoms with Crippen LogP contribution in [0.1, 0.15) is 31.1 Å². The van der Waals surface area contributed by atoms with Gasteiger partial charge in [-0.05, 0) is 37.8 Å². The molecular formula is C13H20N2O2S2. The predicted molar refractivity (Wildman–Crippen MR) is 76.7 cm³/mol. The first kappa shape index (κ1) is 13.5. The van der Waals surface area contributed by atoms with Gasteiger partial charge in [0, 0.05) is 29.4 Å². The fraction of sp³-hybridized carbons (Fsp3) is 0.692. The molecule has 1 saturated carbocycles. The highest BCUT2D eigenvalue weighted by Gasteiger charge is 2.44. The molecule has 19 heavy (non-hydrogen) atoms. The third-order valence-corrected chi connectivity index (χ3v) is 7.13. The predicted octanol–water partition coefficient (Wildman–Crippen LogP) is 2.03. The summed E-state index contributed by atoms with van der Waals surface area (Å²) in [5.41, 5.74) is 0. The van der Waals surface area contributed by atoms with Crippen LogP contribution in [0.5, 0.6) is 0 Å². The van der Waals surface area contributed by atoms with E-state index < -0.39 is 10.0 Å². The fourth-order valence-electron chi connectivity index (χ4n) is 3.15. The van der Waals surface area contributed by atoms with Gasteiger partial charge in [0.25, 0.3) is 0 Å². The molecular weight excluding hydrogens is 280 g/mol. The second-order valence-electron chi connectivity index (χ2n) is 5.44. The highest BCUT2D eigenvalue weighted by molar-refractivity contribution is 7.89. The SMILES string of the molecule is CCNCc1cc(S(=O)(=O)N2CC3CCC2C3)cs1. The number of nitrogens with one attached hydrogen (secondary N) is 1. The first-order valence-electron chi connectivity index (χ1n) is 6.91. The van der Waals surface area contributed by atoms with Crippen LogP contribution in [0.3, 0.4) is 0 Å². The van der Waals surface area contributed by atoms with Gasteiger partial charge in [-0.15, -0.1) is 11.3 Å². The standard InChI is InChI=1S/C13H20N2O2S2/c1-2-14-7-12-6-13(9-18-12)19(16,17)15-8-10-3-4-11(15)5-10/h6,9-11,14H,2-5,7-8H2,1H3. The number of hydrogen-bond acceptors (Lipinski definition) is 4. The van der Waals surface area contributed by atoms with Gasteiger partial charge in [-0.1, -0.05) is 6.92 Å². The van der Waals surface area contributed by atoms with Gasteiger partial charge >= 0.3 is 0 Å². The van der Waals surface area contributed by atoms with Crippen molar-refractivity contribution in [2.75, 3.05) is 13.1 Å². The van der Waals surface area contributed by atoms with Gasteiger partial charge in [0.15, 0.2) is 0 Å². The Morgan fingerprint density at radius 3 is 2.95 bits per heavy atom. The molecule has 3 rings (SSSR count). The zero-order valence-electron chi connectivity index (χ0n) is 11.1. The van der Waals surface area contributed by atoms with Crippen molar-refractivity contribution in [3.8, 4) is 0 Å². The smallest absolute Gasteiger partial charge is 0.244 e. The van der Waals surface area contributed by atoms with Crippen molar-refractivity contribution in [1.29, 1.82) is 0 Å². The highest BCUT2D eigenvalue weighted by Crippen LogP contribution is 2.40. The van der Waals surface area contributed by atoms with Crippen molar-refractivity contribution in [2.45, 2.75) is 43.7 Å². The molecule has 2 aliphatic rings. The van der Waals surface area contributed by atoms with Crippen molar-refractivity contribution in [1.82, 2.24) is 9.62 Å². The molecule has 106 valence electrons. The van der Waals surface area contributed by atoms with E-state index in [0.717, 1.165) is 37.4 Å². The fourth-order valence-corrected chi connectivity index (χ4v) is 6.12. The molecule has 1 N–H and O–H groups in total. The zero-order valence-corrected chi connectivity index (χ0v) is 12.8. The molecule has 2 fully saturated rings. The Morgan fingerprint density at radius 2 is 2.32 bits per heavy atom. The molecule has 2 heterocycles. The lowest BCUT2D eigenvalue weighted by molar-refractivity contribution is 0.333. The molecule has 1 aromatic heterocycles. The average molecular weight is 300 g/mol. The van der Waals surface area contributed by atoms with E-state index in [1.54, 1.807) is 9.69 Å². The van der Waals surface area contributed by atoms with Crippen LogP contribution in [0.2, 0.25) is 0 Å². The summed E-state index contributed by atoms with van der Waals surface area (Å²) in [6, 6.07) is 2.08. The third kappa shape index (κ3) is 2.46. The monoisotopic (exact) mass is 300 g/mol. The average Bonchev–Trinajstić information content (AvgIpc) is 3.11. The minimum atomic E-state index is -3.26. The highest BCUT2D eigenvalue weighted by atomic mass is 32.2. The first-order valence-corrected chi connectivity index (χ1v) is 9.23. The molecule has 1 aliphatic carbocycles. The topological polar surface area (TPSA) is 49.4 Å². The van der Waals surface area contributed by atoms with Gasteiger partial charge < -0.3 is 5.32 Å². The Morgan fingerprint density at radius 1 is 1.47 bits per heavy atom. The summed E-state index contributed by atoms with van der Waals surface area (Å²) in [4.78, 5) is 1.57. The van der Waals surface area contributed by atoms with Crippen LogP contribution in [0.15, 0.2) is 16.3 Å². The van der Waals surface area contributed by atoms with Gasteiger partial charge in [0.2, 0.25) is 10.0 Å². The summed E-state index contributed by atoms with van der Waals surface area (Å²) in [5, 5.41) is 5.01. The van der Waals surface area contributed by atoms with Crippen LogP contribution in [0.4, 0.5) is 0 Å². The molecule has 2 unspecified atom stereocenters. The summed E-state index contributed by atoms with van der Waals surface area (Å²) in [6.45, 7) is 4.43. The van der Waals surface area contributed by atoms with E-state index in [2.05, 4.69) is 5.32 Å². The number of nitrogens with zero attached hydrogens (tertiary/aromatic N) is 1. The van der Waals surface area contributed by atoms with E-state index in [1.165, 1.54) is 17.8 Å². The number of piperidine rings is 1. The Kier molecular flexibility index (Phi) is 3.68. The van der Waals surface area contributed by atoms with Gasteiger partial charge in [-0.2, -0.15) is 4.31 Å². The number of thiophene rings is 1. The molecule has 4 nitrogen and oxygen atoms in total. The van der Waals surface area contributed by atoms with Crippen LogP contribution >= 0.6 is 11.3 Å². The lowest BCUT2D eigenvalue weighted by atomic mass is 10.1. The minimum absolute atomic E-state index is 0.257. The van der Waals surface area contributed by atoms with Gasteiger partial charge in [0.05, 0.1) is 4.90 Å². The van der Waals surface area contributed by atoms with Crippen LogP contribution < -0.4 is 5.32 Å². The van der Waals surface area contributed by atoms with E-state index in [4.69, 9.17) is 0 Å². The van der Waals surface area contributed by atoms with Crippen molar-refractivity contribution < 1.29 is 8.42 Å². The van der Waals surface area contributed by atoms with Gasteiger partial charge in [-0.3, -0.25) is 0 Å². The van der Waals surface area contributed by atoms with Crippen molar-refractivity contribution in [3.05, 3.63) is 16.3 Å². The van der Waals surface area contributed by atoms with Gasteiger partial charge in [0.1, 0.15) is 0 Å². The number of hydrogen-bond donors (Lipinski definition) is 1. The van der Waals surface area contributed by atoms with E-state index in [1.807, 2.05) is 13.0 Å². The quantitative estimate of drug-likeness (QED) is 0.905. The minimum Gasteiger partial charge on any atom is -0.312 e. The number of rotatable bonds is 5. The number of sulfonamides is 1. The largest absolute Gasteiger partial charge is 0.312 e. The molecule has 0 spiro atoms. The Labute approximate surface area is 118 Å². The molecule has 0 aromatic carbocycles. The molecule has 2 bridgehead atoms. The normalized spacial score (nSPS) is 27.2. The van der Waals surface area contributed by atoms with Crippen molar-refractivity contribution >= 4 is 21.4 Å². The molecule has 1 aliphatic heterocycles. The van der Waals surface area contributed by atoms with Crippen molar-refractivity contribution in [2.24, 2.45) is 5.92 Å². The van der Waals surface area contributed by atoms with E-state index in [-0.39, 0.29) is 6.04 Å². The molecule has 0 amide bonds. The summed E-state index contributed by atoms with van der Waals surface area (Å²) < 4.78 is 27.0. The summed E-state index contributed by atoms with van der Waals surface area (Å²) in [5.74, 6) is 0.597. The lowest BCUT2D eigenvalue weighted by Crippen LogP contribution is -2.37. The lowest BCUT2D eigenvalue weighted by Gasteiger charge is -2.25. The third-order valence-electron chi connectivity index (χ3n) is 4.14. The molecule has 6 heteroatoms. The first-order chi connectivity index (χ1) is 9.11. The molecule has 0 radical (unpaired) electrons. The summed E-state index contributed by atoms with van der Waals surface area (Å²) in [6.07, 6.45) is 3.30. The number of fused-ring (bicyclic) bond motifs is 2. The van der Waals surface area contributed by atoms with E-state index >= 15 is 0 Å². The maximum absolute atomic E-state index is 12.6. The van der Waals surface area contributed by atoms with E-state index in [9.17, 15) is 8.42 Å². The van der Waals surface area contributed by atoms with Crippen LogP contribution in [-0.2, 0) is 16.6 Å². The Bertz CT molecular complexity index is 553. The van der Waals surface area contributed by atoms with Crippen LogP contribution in [-0.4, -0.2) is 31.9 Å². The van der Waals surface area contributed by atoms with Gasteiger partial charge in [-0.25, -0.2) is 8.42 Å². The summed E-state index contributed by atoms with van der Waals surface area (Å²) >= 11 is 1.53. The summed E-state index contributed by atoms with van der Waals surface area (Å²) in [7, 11) is -3.26. The molecule has 2 atom stereocenters. The molecule has 1 aromatic rings. The second kappa shape index (κ2) is 5.16. The second-order valence-corrected chi connectivity index (χ2v) is 8.32. The van der Waals surface area contributed by atoms with Crippen LogP contribution in [0, 0.1) is 5.92 Å². The van der Waals surface area contributed by atoms with E-state index in [0.29, 0.717) is 10.8 Å². The Hall–Kier alpha value is -0.430. The van der Waals surface area contributed by atoms with Crippen LogP contribution in [0.25, 0.3) is 0 Å². The molecule has 1 saturated heterocycles. The maximum Gasteiger partial charge on any atom is 0.244 e. The Balaban J connectivity index is 1.78. The maximum atomic E-state index is 12.6.